The molecule has 38 heavy (non-hydrogen) atoms. The van der Waals surface area contributed by atoms with E-state index in [0.717, 1.165) is 44.5 Å². The Morgan fingerprint density at radius 3 is 1.37 bits per heavy atom. The molecule has 0 spiro atoms. The predicted octanol–water partition coefficient (Wildman–Crippen LogP) is 4.60. The molecule has 4 heterocycles. The molecule has 0 bridgehead atoms. The van der Waals surface area contributed by atoms with Crippen molar-refractivity contribution in [3.8, 4) is 33.9 Å². The average Bonchev–Trinajstić information content (AvgIpc) is 3.69. The summed E-state index contributed by atoms with van der Waals surface area (Å²) in [7, 11) is -2.31. The van der Waals surface area contributed by atoms with Crippen LogP contribution in [0.25, 0.3) is 33.9 Å². The molecule has 0 aliphatic heterocycles. The Kier molecular flexibility index (Phi) is 7.32. The topological polar surface area (TPSA) is 61.4 Å². The van der Waals surface area contributed by atoms with Gasteiger partial charge in [0.2, 0.25) is 0 Å². The van der Waals surface area contributed by atoms with Crippen molar-refractivity contribution in [2.24, 2.45) is 0 Å². The molecule has 2 aromatic carbocycles. The molecule has 0 saturated carbocycles. The molecule has 8 heteroatoms. The van der Waals surface area contributed by atoms with Crippen LogP contribution in [0.15, 0.2) is 110 Å². The fourth-order valence-corrected chi connectivity index (χ4v) is 6.50. The van der Waals surface area contributed by atoms with Crippen molar-refractivity contribution in [1.29, 1.82) is 0 Å². The minimum Gasteiger partial charge on any atom is -0.453 e. The Balaban J connectivity index is 0.00000294. The van der Waals surface area contributed by atoms with Crippen LogP contribution >= 0.6 is 0 Å². The third-order valence-electron chi connectivity index (χ3n) is 6.56. The molecule has 0 radical (unpaired) electrons. The molecule has 6 aromatic rings. The van der Waals surface area contributed by atoms with Crippen LogP contribution < -0.4 is 10.6 Å². The molecule has 0 aliphatic carbocycles. The van der Waals surface area contributed by atoms with E-state index in [1.165, 1.54) is 0 Å². The van der Waals surface area contributed by atoms with Gasteiger partial charge in [0.05, 0.1) is 0 Å². The summed E-state index contributed by atoms with van der Waals surface area (Å²) in [6, 6.07) is 29.2. The van der Waals surface area contributed by atoms with E-state index in [-0.39, 0.29) is 21.1 Å². The number of imidazole rings is 2. The van der Waals surface area contributed by atoms with Crippen LogP contribution in [0.5, 0.6) is 0 Å². The standard InChI is InChI=1S/C30H24N6Si.Pt/c1-37(2,27-15-13-25(23-9-5-3-6-10-23)29(33-27)35-19-17-31-21-35)28-16-14-26(24-11-7-4-8-12-24)30(34-28)36-20-18-32-22-36;/h3-18,21-22H,1-2H3;/q-2;+2. The first-order valence-electron chi connectivity index (χ1n) is 12.1. The van der Waals surface area contributed by atoms with E-state index in [1.807, 2.05) is 45.5 Å². The second kappa shape index (κ2) is 10.8. The van der Waals surface area contributed by atoms with Gasteiger partial charge < -0.3 is 29.1 Å². The number of benzene rings is 2. The number of hydrogen-bond donors (Lipinski definition) is 0. The van der Waals surface area contributed by atoms with E-state index in [4.69, 9.17) is 9.97 Å². The Bertz CT molecular complexity index is 1510. The van der Waals surface area contributed by atoms with Gasteiger partial charge in [0, 0.05) is 22.3 Å². The number of hydrogen-bond acceptors (Lipinski definition) is 4. The molecule has 0 saturated heterocycles. The second-order valence-corrected chi connectivity index (χ2v) is 13.6. The zero-order valence-corrected chi connectivity index (χ0v) is 24.2. The first-order chi connectivity index (χ1) is 18.1. The van der Waals surface area contributed by atoms with E-state index in [9.17, 15) is 0 Å². The summed E-state index contributed by atoms with van der Waals surface area (Å²) >= 11 is 0. The van der Waals surface area contributed by atoms with E-state index >= 15 is 0 Å². The maximum absolute atomic E-state index is 5.20. The van der Waals surface area contributed by atoms with Crippen molar-refractivity contribution >= 4 is 18.7 Å². The minimum atomic E-state index is -2.31. The van der Waals surface area contributed by atoms with Gasteiger partial charge in [0.1, 0.15) is 0 Å². The molecule has 0 fully saturated rings. The zero-order valence-electron chi connectivity index (χ0n) is 20.9. The Labute approximate surface area is 237 Å². The number of nitrogens with zero attached hydrogens (tertiary/aromatic N) is 6. The van der Waals surface area contributed by atoms with Crippen LogP contribution in [-0.2, 0) is 21.1 Å². The van der Waals surface area contributed by atoms with Crippen molar-refractivity contribution in [3.63, 3.8) is 0 Å². The molecule has 0 unspecified atom stereocenters. The maximum atomic E-state index is 5.20. The van der Waals surface area contributed by atoms with Crippen LogP contribution in [0.3, 0.4) is 0 Å². The molecular weight excluding hydrogens is 668 g/mol. The monoisotopic (exact) mass is 691 g/mol. The van der Waals surface area contributed by atoms with Gasteiger partial charge in [0.25, 0.3) is 0 Å². The molecule has 0 atom stereocenters. The Morgan fingerprint density at radius 1 is 0.579 bits per heavy atom. The molecule has 6 rings (SSSR count). The maximum Gasteiger partial charge on any atom is 2.00 e. The summed E-state index contributed by atoms with van der Waals surface area (Å²) < 4.78 is 3.71. The quantitative estimate of drug-likeness (QED) is 0.189. The smallest absolute Gasteiger partial charge is 0.453 e. The normalized spacial score (nSPS) is 11.2. The molecule has 4 aromatic heterocycles. The van der Waals surface area contributed by atoms with Gasteiger partial charge in [-0.1, -0.05) is 98.3 Å². The van der Waals surface area contributed by atoms with Gasteiger partial charge in [-0.05, 0) is 59.4 Å². The summed E-state index contributed by atoms with van der Waals surface area (Å²) in [5.74, 6) is 1.62. The zero-order chi connectivity index (χ0) is 25.2. The fraction of sp³-hybridized carbons (Fsp3) is 0.0667. The van der Waals surface area contributed by atoms with E-state index < -0.39 is 8.07 Å². The first kappa shape index (κ1) is 25.7. The van der Waals surface area contributed by atoms with Gasteiger partial charge in [-0.3, -0.25) is 0 Å². The van der Waals surface area contributed by atoms with E-state index in [1.54, 1.807) is 25.0 Å². The van der Waals surface area contributed by atoms with Crippen LogP contribution in [0.1, 0.15) is 0 Å². The SMILES string of the molecule is C[Si](C)(c1ccc(-c2ccccc2)c(-n2[c-]cnc2)n1)c1ccc(-c2ccccc2)c(-n2[c-]cnc2)n1.[Pt+2]. The summed E-state index contributed by atoms with van der Waals surface area (Å²) in [5.41, 5.74) is 4.26. The van der Waals surface area contributed by atoms with E-state index in [2.05, 4.69) is 84.0 Å². The Morgan fingerprint density at radius 2 is 1.00 bits per heavy atom. The van der Waals surface area contributed by atoms with Crippen LogP contribution in [0.4, 0.5) is 0 Å². The van der Waals surface area contributed by atoms with Crippen molar-refractivity contribution in [1.82, 2.24) is 29.1 Å². The number of rotatable bonds is 6. The van der Waals surface area contributed by atoms with Crippen molar-refractivity contribution < 1.29 is 21.1 Å². The summed E-state index contributed by atoms with van der Waals surface area (Å²) in [5, 5.41) is 2.06. The Hall–Kier alpha value is -3.93. The molecule has 0 N–H and O–H groups in total. The first-order valence-corrected chi connectivity index (χ1v) is 15.1. The van der Waals surface area contributed by atoms with Gasteiger partial charge >= 0.3 is 21.1 Å². The van der Waals surface area contributed by atoms with E-state index in [0.29, 0.717) is 0 Å². The molecular formula is C30H24N6PtSi. The second-order valence-electron chi connectivity index (χ2n) is 9.28. The van der Waals surface area contributed by atoms with Crippen LogP contribution in [0.2, 0.25) is 13.1 Å². The van der Waals surface area contributed by atoms with Crippen molar-refractivity contribution in [2.45, 2.75) is 13.1 Å². The molecule has 0 aliphatic rings. The van der Waals surface area contributed by atoms with Gasteiger partial charge in [-0.15, -0.1) is 0 Å². The molecule has 6 nitrogen and oxygen atoms in total. The van der Waals surface area contributed by atoms with Crippen molar-refractivity contribution in [2.75, 3.05) is 0 Å². The minimum absolute atomic E-state index is 0. The summed E-state index contributed by atoms with van der Waals surface area (Å²) in [6.45, 7) is 4.57. The molecule has 188 valence electrons. The molecule has 0 amide bonds. The van der Waals surface area contributed by atoms with Gasteiger partial charge in [0.15, 0.2) is 8.07 Å². The third kappa shape index (κ3) is 4.83. The van der Waals surface area contributed by atoms with Crippen LogP contribution in [0, 0.1) is 12.4 Å². The van der Waals surface area contributed by atoms with Gasteiger partial charge in [-0.25, -0.2) is 0 Å². The van der Waals surface area contributed by atoms with Crippen molar-refractivity contribution in [3.05, 3.63) is 122 Å². The largest absolute Gasteiger partial charge is 2.00 e. The summed E-state index contributed by atoms with van der Waals surface area (Å²) in [6.07, 6.45) is 13.1. The number of aromatic nitrogens is 6. The fourth-order valence-electron chi connectivity index (χ4n) is 4.47. The van der Waals surface area contributed by atoms with Crippen LogP contribution in [-0.4, -0.2) is 37.1 Å². The third-order valence-corrected chi connectivity index (χ3v) is 9.68. The number of pyridine rings is 2. The van der Waals surface area contributed by atoms with Gasteiger partial charge in [-0.2, -0.15) is 0 Å². The summed E-state index contributed by atoms with van der Waals surface area (Å²) in [4.78, 5) is 18.8. The predicted molar refractivity (Wildman–Crippen MR) is 148 cm³/mol. The average molecular weight is 692 g/mol.